The van der Waals surface area contributed by atoms with Crippen molar-refractivity contribution in [1.29, 1.82) is 0 Å². The largest absolute Gasteiger partial charge is 0.342 e. The van der Waals surface area contributed by atoms with E-state index in [0.29, 0.717) is 12.8 Å². The third kappa shape index (κ3) is 2.84. The van der Waals surface area contributed by atoms with Crippen LogP contribution < -0.4 is 5.32 Å². The monoisotopic (exact) mass is 274 g/mol. The standard InChI is InChI=1S/C16H22N2O2/c1-4-14-15(19)17-13(16(20)18(14)11(2)3)10-12-8-6-5-7-9-12/h5-9,11,13-14H,4,10H2,1-3H3,(H,17,19). The minimum Gasteiger partial charge on any atom is -0.342 e. The molecule has 1 aromatic rings. The van der Waals surface area contributed by atoms with E-state index in [2.05, 4.69) is 5.32 Å². The molecule has 1 heterocycles. The lowest BCUT2D eigenvalue weighted by Gasteiger charge is -2.41. The van der Waals surface area contributed by atoms with Gasteiger partial charge in [0.25, 0.3) is 0 Å². The first kappa shape index (κ1) is 14.6. The molecule has 1 aromatic carbocycles. The van der Waals surface area contributed by atoms with E-state index in [4.69, 9.17) is 0 Å². The van der Waals surface area contributed by atoms with Crippen molar-refractivity contribution in [3.8, 4) is 0 Å². The molecule has 0 aliphatic carbocycles. The SMILES string of the molecule is CCC1C(=O)NC(Cc2ccccc2)C(=O)N1C(C)C. The Labute approximate surface area is 120 Å². The number of piperazine rings is 1. The van der Waals surface area contributed by atoms with Gasteiger partial charge in [0.15, 0.2) is 0 Å². The van der Waals surface area contributed by atoms with Crippen molar-refractivity contribution >= 4 is 11.8 Å². The second-order valence-electron chi connectivity index (χ2n) is 5.51. The number of nitrogens with zero attached hydrogens (tertiary/aromatic N) is 1. The number of hydrogen-bond acceptors (Lipinski definition) is 2. The van der Waals surface area contributed by atoms with Crippen LogP contribution in [0, 0.1) is 0 Å². The van der Waals surface area contributed by atoms with Crippen LogP contribution >= 0.6 is 0 Å². The van der Waals surface area contributed by atoms with Gasteiger partial charge >= 0.3 is 0 Å². The van der Waals surface area contributed by atoms with Crippen LogP contribution in [-0.4, -0.2) is 34.8 Å². The quantitative estimate of drug-likeness (QED) is 0.909. The van der Waals surface area contributed by atoms with Crippen molar-refractivity contribution in [1.82, 2.24) is 10.2 Å². The van der Waals surface area contributed by atoms with Gasteiger partial charge in [0.05, 0.1) is 0 Å². The van der Waals surface area contributed by atoms with Crippen LogP contribution in [0.15, 0.2) is 30.3 Å². The van der Waals surface area contributed by atoms with E-state index in [1.165, 1.54) is 0 Å². The average Bonchev–Trinajstić information content (AvgIpc) is 2.42. The summed E-state index contributed by atoms with van der Waals surface area (Å²) in [6.45, 7) is 5.85. The molecule has 1 fully saturated rings. The summed E-state index contributed by atoms with van der Waals surface area (Å²) in [5.74, 6) is -0.0166. The lowest BCUT2D eigenvalue weighted by molar-refractivity contribution is -0.151. The maximum absolute atomic E-state index is 12.6. The number of hydrogen-bond donors (Lipinski definition) is 1. The first-order chi connectivity index (χ1) is 9.54. The summed E-state index contributed by atoms with van der Waals surface area (Å²) >= 11 is 0. The van der Waals surface area contributed by atoms with Crippen LogP contribution in [0.1, 0.15) is 32.8 Å². The number of rotatable bonds is 4. The normalized spacial score (nSPS) is 23.1. The highest BCUT2D eigenvalue weighted by molar-refractivity contribution is 5.97. The van der Waals surface area contributed by atoms with Crippen LogP contribution in [0.25, 0.3) is 0 Å². The number of carbonyl (C=O) groups is 2. The van der Waals surface area contributed by atoms with Gasteiger partial charge in [-0.3, -0.25) is 9.59 Å². The molecule has 4 nitrogen and oxygen atoms in total. The topological polar surface area (TPSA) is 49.4 Å². The minimum absolute atomic E-state index is 0.0234. The Kier molecular flexibility index (Phi) is 4.42. The first-order valence-electron chi connectivity index (χ1n) is 7.21. The number of nitrogens with one attached hydrogen (secondary N) is 1. The molecular formula is C16H22N2O2. The molecular weight excluding hydrogens is 252 g/mol. The summed E-state index contributed by atoms with van der Waals surface area (Å²) in [7, 11) is 0. The summed E-state index contributed by atoms with van der Waals surface area (Å²) in [6, 6.07) is 9.04. The average molecular weight is 274 g/mol. The van der Waals surface area contributed by atoms with E-state index in [1.807, 2.05) is 51.1 Å². The van der Waals surface area contributed by atoms with E-state index in [0.717, 1.165) is 5.56 Å². The maximum atomic E-state index is 12.6. The predicted octanol–water partition coefficient (Wildman–Crippen LogP) is 1.74. The molecule has 0 radical (unpaired) electrons. The Bertz CT molecular complexity index is 485. The highest BCUT2D eigenvalue weighted by Crippen LogP contribution is 2.18. The summed E-state index contributed by atoms with van der Waals surface area (Å²) in [6.07, 6.45) is 1.19. The van der Waals surface area contributed by atoms with E-state index in [9.17, 15) is 9.59 Å². The second kappa shape index (κ2) is 6.07. The maximum Gasteiger partial charge on any atom is 0.246 e. The molecule has 1 aliphatic heterocycles. The van der Waals surface area contributed by atoms with E-state index >= 15 is 0 Å². The minimum atomic E-state index is -0.449. The molecule has 1 aliphatic rings. The fraction of sp³-hybridized carbons (Fsp3) is 0.500. The molecule has 1 N–H and O–H groups in total. The van der Waals surface area contributed by atoms with Gasteiger partial charge in [-0.2, -0.15) is 0 Å². The van der Waals surface area contributed by atoms with Gasteiger partial charge in [-0.25, -0.2) is 0 Å². The molecule has 2 unspecified atom stereocenters. The summed E-state index contributed by atoms with van der Waals surface area (Å²) in [5.41, 5.74) is 1.06. The number of benzene rings is 1. The Balaban J connectivity index is 2.19. The smallest absolute Gasteiger partial charge is 0.246 e. The molecule has 1 saturated heterocycles. The molecule has 0 aromatic heterocycles. The number of amides is 2. The Hall–Kier alpha value is -1.84. The molecule has 0 spiro atoms. The van der Waals surface area contributed by atoms with E-state index in [1.54, 1.807) is 4.90 Å². The third-order valence-electron chi connectivity index (χ3n) is 3.73. The van der Waals surface area contributed by atoms with Gasteiger partial charge in [0.2, 0.25) is 11.8 Å². The molecule has 0 saturated carbocycles. The third-order valence-corrected chi connectivity index (χ3v) is 3.73. The van der Waals surface area contributed by atoms with Gasteiger partial charge in [-0.15, -0.1) is 0 Å². The zero-order chi connectivity index (χ0) is 14.7. The zero-order valence-corrected chi connectivity index (χ0v) is 12.3. The zero-order valence-electron chi connectivity index (χ0n) is 12.3. The van der Waals surface area contributed by atoms with Gasteiger partial charge in [-0.1, -0.05) is 37.3 Å². The molecule has 0 bridgehead atoms. The van der Waals surface area contributed by atoms with Crippen molar-refractivity contribution in [2.75, 3.05) is 0 Å². The molecule has 2 amide bonds. The summed E-state index contributed by atoms with van der Waals surface area (Å²) in [4.78, 5) is 26.5. The molecule has 2 atom stereocenters. The van der Waals surface area contributed by atoms with Crippen molar-refractivity contribution in [3.63, 3.8) is 0 Å². The van der Waals surface area contributed by atoms with Gasteiger partial charge in [0.1, 0.15) is 12.1 Å². The molecule has 108 valence electrons. The van der Waals surface area contributed by atoms with Gasteiger partial charge < -0.3 is 10.2 Å². The van der Waals surface area contributed by atoms with Crippen molar-refractivity contribution in [2.24, 2.45) is 0 Å². The fourth-order valence-electron chi connectivity index (χ4n) is 2.77. The van der Waals surface area contributed by atoms with E-state index < -0.39 is 6.04 Å². The molecule has 4 heteroatoms. The van der Waals surface area contributed by atoms with Crippen LogP contribution in [0.5, 0.6) is 0 Å². The van der Waals surface area contributed by atoms with Crippen LogP contribution in [0.3, 0.4) is 0 Å². The van der Waals surface area contributed by atoms with Gasteiger partial charge in [-0.05, 0) is 25.8 Å². The van der Waals surface area contributed by atoms with Crippen LogP contribution in [-0.2, 0) is 16.0 Å². The molecule has 2 rings (SSSR count). The lowest BCUT2D eigenvalue weighted by Crippen LogP contribution is -2.65. The highest BCUT2D eigenvalue weighted by Gasteiger charge is 2.40. The van der Waals surface area contributed by atoms with Crippen molar-refractivity contribution < 1.29 is 9.59 Å². The molecule has 20 heavy (non-hydrogen) atoms. The number of carbonyl (C=O) groups excluding carboxylic acids is 2. The Morgan fingerprint density at radius 2 is 1.85 bits per heavy atom. The van der Waals surface area contributed by atoms with Crippen molar-refractivity contribution in [2.45, 2.75) is 51.7 Å². The summed E-state index contributed by atoms with van der Waals surface area (Å²) in [5, 5.41) is 2.87. The van der Waals surface area contributed by atoms with E-state index in [-0.39, 0.29) is 23.9 Å². The lowest BCUT2D eigenvalue weighted by atomic mass is 9.98. The highest BCUT2D eigenvalue weighted by atomic mass is 16.2. The van der Waals surface area contributed by atoms with Crippen molar-refractivity contribution in [3.05, 3.63) is 35.9 Å². The predicted molar refractivity (Wildman–Crippen MR) is 78.1 cm³/mol. The van der Waals surface area contributed by atoms with Gasteiger partial charge in [0, 0.05) is 12.5 Å². The second-order valence-corrected chi connectivity index (χ2v) is 5.51. The Morgan fingerprint density at radius 1 is 1.20 bits per heavy atom. The van der Waals surface area contributed by atoms with Crippen LogP contribution in [0.4, 0.5) is 0 Å². The Morgan fingerprint density at radius 3 is 2.40 bits per heavy atom. The first-order valence-corrected chi connectivity index (χ1v) is 7.21. The fourth-order valence-corrected chi connectivity index (χ4v) is 2.77. The summed E-state index contributed by atoms with van der Waals surface area (Å²) < 4.78 is 0. The van der Waals surface area contributed by atoms with Crippen LogP contribution in [0.2, 0.25) is 0 Å².